The molecule has 6 nitrogen and oxygen atoms in total. The number of amides is 1. The maximum atomic E-state index is 11.6. The third kappa shape index (κ3) is 1.86. The summed E-state index contributed by atoms with van der Waals surface area (Å²) in [5, 5.41) is 8.80. The number of nitrogens with zero attached hydrogens (tertiary/aromatic N) is 1. The maximum absolute atomic E-state index is 11.6. The van der Waals surface area contributed by atoms with E-state index in [0.29, 0.717) is 21.7 Å². The summed E-state index contributed by atoms with van der Waals surface area (Å²) < 4.78 is 5.31. The van der Waals surface area contributed by atoms with Gasteiger partial charge in [0.1, 0.15) is 0 Å². The van der Waals surface area contributed by atoms with Gasteiger partial charge in [0.25, 0.3) is 5.91 Å². The van der Waals surface area contributed by atoms with E-state index >= 15 is 0 Å². The van der Waals surface area contributed by atoms with Crippen molar-refractivity contribution in [2.24, 2.45) is 0 Å². The van der Waals surface area contributed by atoms with Gasteiger partial charge in [-0.05, 0) is 22.0 Å². The number of hydrogen-bond acceptors (Lipinski definition) is 4. The van der Waals surface area contributed by atoms with Crippen LogP contribution in [0.25, 0.3) is 0 Å². The highest BCUT2D eigenvalue weighted by Crippen LogP contribution is 2.20. The van der Waals surface area contributed by atoms with Crippen LogP contribution in [0.3, 0.4) is 0 Å². The summed E-state index contributed by atoms with van der Waals surface area (Å²) >= 11 is 3.10. The Bertz CT molecular complexity index is 490. The summed E-state index contributed by atoms with van der Waals surface area (Å²) in [7, 11) is 0. The van der Waals surface area contributed by atoms with E-state index in [4.69, 9.17) is 10.2 Å². The van der Waals surface area contributed by atoms with Crippen molar-refractivity contribution in [2.75, 3.05) is 11.1 Å². The Morgan fingerprint density at radius 2 is 2.47 bits per heavy atom. The molecule has 2 aromatic rings. The van der Waals surface area contributed by atoms with Crippen LogP contribution in [0.15, 0.2) is 27.6 Å². The number of halogens is 1. The van der Waals surface area contributed by atoms with Crippen LogP contribution in [0.2, 0.25) is 0 Å². The molecule has 0 radical (unpaired) electrons. The molecule has 0 atom stereocenters. The number of hydrogen-bond donors (Lipinski definition) is 3. The molecule has 0 aliphatic heterocycles. The zero-order valence-electron chi connectivity index (χ0n) is 7.45. The van der Waals surface area contributed by atoms with Crippen molar-refractivity contribution < 1.29 is 9.21 Å². The Kier molecular flexibility index (Phi) is 2.46. The molecular weight excluding hydrogens is 264 g/mol. The van der Waals surface area contributed by atoms with E-state index in [2.05, 4.69) is 31.4 Å². The number of nitrogens with one attached hydrogen (secondary N) is 2. The number of nitrogen functional groups attached to an aromatic ring is 1. The Labute approximate surface area is 93.0 Å². The molecule has 15 heavy (non-hydrogen) atoms. The van der Waals surface area contributed by atoms with Crippen LogP contribution in [0.5, 0.6) is 0 Å². The molecule has 2 heterocycles. The van der Waals surface area contributed by atoms with Gasteiger partial charge in [0.05, 0.1) is 23.7 Å². The van der Waals surface area contributed by atoms with Gasteiger partial charge in [-0.3, -0.25) is 9.89 Å². The Morgan fingerprint density at radius 1 is 1.67 bits per heavy atom. The van der Waals surface area contributed by atoms with Crippen molar-refractivity contribution in [3.63, 3.8) is 0 Å². The minimum Gasteiger partial charge on any atom is -0.457 e. The van der Waals surface area contributed by atoms with Crippen molar-refractivity contribution in [3.05, 3.63) is 28.8 Å². The highest BCUT2D eigenvalue weighted by molar-refractivity contribution is 9.10. The quantitative estimate of drug-likeness (QED) is 0.772. The molecule has 0 saturated heterocycles. The van der Waals surface area contributed by atoms with Crippen LogP contribution < -0.4 is 11.1 Å². The lowest BCUT2D eigenvalue weighted by molar-refractivity contribution is 0.102. The van der Waals surface area contributed by atoms with Gasteiger partial charge in [-0.25, -0.2) is 0 Å². The minimum atomic E-state index is -0.327. The number of anilines is 2. The fraction of sp³-hybridized carbons (Fsp3) is 0. The van der Waals surface area contributed by atoms with Crippen molar-refractivity contribution in [1.29, 1.82) is 0 Å². The highest BCUT2D eigenvalue weighted by atomic mass is 79.9. The Balaban J connectivity index is 2.18. The smallest absolute Gasteiger partial charge is 0.261 e. The molecule has 2 rings (SSSR count). The van der Waals surface area contributed by atoms with Gasteiger partial charge >= 0.3 is 0 Å². The molecule has 0 unspecified atom stereocenters. The van der Waals surface area contributed by atoms with Crippen molar-refractivity contribution in [2.45, 2.75) is 0 Å². The molecular formula is C8H7BrN4O2. The molecule has 0 aromatic carbocycles. The third-order valence-electron chi connectivity index (χ3n) is 1.77. The second kappa shape index (κ2) is 3.77. The molecule has 0 bridgehead atoms. The summed E-state index contributed by atoms with van der Waals surface area (Å²) in [5.41, 5.74) is 6.31. The summed E-state index contributed by atoms with van der Waals surface area (Å²) in [6, 6.07) is 1.55. The zero-order valence-corrected chi connectivity index (χ0v) is 9.04. The SMILES string of the molecule is Nc1cn[nH]c1NC(=O)c1ccoc1Br. The van der Waals surface area contributed by atoms with Gasteiger partial charge in [-0.1, -0.05) is 0 Å². The standard InChI is InChI=1S/C8H7BrN4O2/c9-6-4(1-2-15-6)8(14)12-7-5(10)3-11-13-7/h1-3H,10H2,(H2,11,12,13,14). The predicted molar refractivity (Wildman–Crippen MR) is 57.4 cm³/mol. The first-order chi connectivity index (χ1) is 7.18. The largest absolute Gasteiger partial charge is 0.457 e. The molecule has 78 valence electrons. The Hall–Kier alpha value is -1.76. The minimum absolute atomic E-state index is 0.327. The number of aromatic amines is 1. The normalized spacial score (nSPS) is 10.2. The molecule has 0 aliphatic rings. The number of furan rings is 1. The molecule has 0 saturated carbocycles. The number of carbonyl (C=O) groups is 1. The van der Waals surface area contributed by atoms with Crippen LogP contribution in [0.1, 0.15) is 10.4 Å². The molecule has 0 fully saturated rings. The monoisotopic (exact) mass is 270 g/mol. The van der Waals surface area contributed by atoms with E-state index in [-0.39, 0.29) is 5.91 Å². The van der Waals surface area contributed by atoms with Crippen molar-refractivity contribution in [1.82, 2.24) is 10.2 Å². The van der Waals surface area contributed by atoms with E-state index in [1.165, 1.54) is 12.5 Å². The van der Waals surface area contributed by atoms with Gasteiger partial charge in [-0.15, -0.1) is 0 Å². The number of H-pyrrole nitrogens is 1. The second-order valence-electron chi connectivity index (χ2n) is 2.76. The number of carbonyl (C=O) groups excluding carboxylic acids is 1. The van der Waals surface area contributed by atoms with Gasteiger partial charge in [0, 0.05) is 0 Å². The fourth-order valence-corrected chi connectivity index (χ4v) is 1.45. The zero-order chi connectivity index (χ0) is 10.8. The summed E-state index contributed by atoms with van der Waals surface area (Å²) in [6.45, 7) is 0. The third-order valence-corrected chi connectivity index (χ3v) is 2.38. The molecule has 0 spiro atoms. The van der Waals surface area contributed by atoms with E-state index in [1.807, 2.05) is 0 Å². The maximum Gasteiger partial charge on any atom is 0.261 e. The van der Waals surface area contributed by atoms with Gasteiger partial charge < -0.3 is 15.5 Å². The lowest BCUT2D eigenvalue weighted by atomic mass is 10.3. The Morgan fingerprint density at radius 3 is 3.00 bits per heavy atom. The van der Waals surface area contributed by atoms with Crippen LogP contribution in [-0.2, 0) is 0 Å². The first-order valence-corrected chi connectivity index (χ1v) is 4.81. The molecule has 1 amide bonds. The van der Waals surface area contributed by atoms with Crippen molar-refractivity contribution >= 4 is 33.3 Å². The summed E-state index contributed by atoms with van der Waals surface area (Å²) in [5.74, 6) is 0.0414. The van der Waals surface area contributed by atoms with E-state index < -0.39 is 0 Å². The second-order valence-corrected chi connectivity index (χ2v) is 3.48. The lowest BCUT2D eigenvalue weighted by Crippen LogP contribution is -2.12. The molecule has 4 N–H and O–H groups in total. The number of rotatable bonds is 2. The lowest BCUT2D eigenvalue weighted by Gasteiger charge is -2.01. The summed E-state index contributed by atoms with van der Waals surface area (Å²) in [6.07, 6.45) is 2.83. The first kappa shape index (κ1) is 9.78. The number of aromatic nitrogens is 2. The fourth-order valence-electron chi connectivity index (χ4n) is 1.03. The van der Waals surface area contributed by atoms with Crippen LogP contribution in [0, 0.1) is 0 Å². The summed E-state index contributed by atoms with van der Waals surface area (Å²) in [4.78, 5) is 11.6. The van der Waals surface area contributed by atoms with Gasteiger partial charge in [0.2, 0.25) is 0 Å². The highest BCUT2D eigenvalue weighted by Gasteiger charge is 2.14. The molecule has 2 aromatic heterocycles. The predicted octanol–water partition coefficient (Wildman–Crippen LogP) is 1.60. The first-order valence-electron chi connectivity index (χ1n) is 4.01. The van der Waals surface area contributed by atoms with E-state index in [1.54, 1.807) is 6.07 Å². The van der Waals surface area contributed by atoms with Crippen LogP contribution in [-0.4, -0.2) is 16.1 Å². The molecule has 7 heteroatoms. The molecule has 0 aliphatic carbocycles. The van der Waals surface area contributed by atoms with Gasteiger partial charge in [-0.2, -0.15) is 5.10 Å². The van der Waals surface area contributed by atoms with Crippen LogP contribution in [0.4, 0.5) is 11.5 Å². The average molecular weight is 271 g/mol. The van der Waals surface area contributed by atoms with Gasteiger partial charge in [0.15, 0.2) is 10.5 Å². The van der Waals surface area contributed by atoms with E-state index in [9.17, 15) is 4.79 Å². The van der Waals surface area contributed by atoms with Crippen molar-refractivity contribution in [3.8, 4) is 0 Å². The topological polar surface area (TPSA) is 96.9 Å². The van der Waals surface area contributed by atoms with Crippen LogP contribution >= 0.6 is 15.9 Å². The van der Waals surface area contributed by atoms with E-state index in [0.717, 1.165) is 0 Å². The number of nitrogens with two attached hydrogens (primary N) is 1. The average Bonchev–Trinajstić information content (AvgIpc) is 2.76.